The van der Waals surface area contributed by atoms with E-state index in [4.69, 9.17) is 18.0 Å². The van der Waals surface area contributed by atoms with Crippen LogP contribution in [-0.4, -0.2) is 39.5 Å². The van der Waals surface area contributed by atoms with Crippen molar-refractivity contribution in [3.63, 3.8) is 0 Å². The molecular weight excluding hydrogens is 272 g/mol. The lowest BCUT2D eigenvalue weighted by Gasteiger charge is -2.27. The number of hydrogen-bond donors (Lipinski definition) is 2. The van der Waals surface area contributed by atoms with Crippen molar-refractivity contribution in [3.05, 3.63) is 16.8 Å². The van der Waals surface area contributed by atoms with E-state index in [1.54, 1.807) is 0 Å². The average Bonchev–Trinajstić information content (AvgIpc) is 2.93. The van der Waals surface area contributed by atoms with Crippen molar-refractivity contribution in [2.45, 2.75) is 45.6 Å². The van der Waals surface area contributed by atoms with Crippen molar-refractivity contribution >= 4 is 23.0 Å². The molecule has 0 bridgehead atoms. The third-order valence-electron chi connectivity index (χ3n) is 3.93. The maximum absolute atomic E-state index is 9.50. The van der Waals surface area contributed by atoms with Crippen LogP contribution in [0.3, 0.4) is 0 Å². The van der Waals surface area contributed by atoms with Crippen molar-refractivity contribution in [2.24, 2.45) is 5.73 Å². The van der Waals surface area contributed by atoms with Gasteiger partial charge in [-0.05, 0) is 31.2 Å². The van der Waals surface area contributed by atoms with E-state index in [9.17, 15) is 5.11 Å². The molecule has 1 unspecified atom stereocenters. The summed E-state index contributed by atoms with van der Waals surface area (Å²) >= 11 is 5.24. The lowest BCUT2D eigenvalue weighted by atomic mass is 10.0. The van der Waals surface area contributed by atoms with Crippen molar-refractivity contribution in [3.8, 4) is 0 Å². The van der Waals surface area contributed by atoms with Gasteiger partial charge in [0.1, 0.15) is 4.99 Å². The molecule has 1 aromatic heterocycles. The highest BCUT2D eigenvalue weighted by atomic mass is 32.1. The molecule has 0 aliphatic carbocycles. The lowest BCUT2D eigenvalue weighted by Crippen LogP contribution is -2.35. The van der Waals surface area contributed by atoms with Crippen LogP contribution in [0.4, 0.5) is 5.82 Å². The fraction of sp³-hybridized carbons (Fsp3) is 0.643. The predicted octanol–water partition coefficient (Wildman–Crippen LogP) is 1.20. The molecular formula is C14H22N4OS. The standard InChI is InChI=1S/C14H22N4OS/c1-3-10-11(4-2)16-17-14(12(10)13(15)20)18-7-5-6-9(18)8-19/h9,19H,3-8H2,1-2H3,(H2,15,20). The molecule has 1 saturated heterocycles. The van der Waals surface area contributed by atoms with E-state index in [1.165, 1.54) is 0 Å². The van der Waals surface area contributed by atoms with Gasteiger partial charge in [0.15, 0.2) is 5.82 Å². The van der Waals surface area contributed by atoms with Crippen LogP contribution in [-0.2, 0) is 12.8 Å². The SMILES string of the molecule is CCc1nnc(N2CCCC2CO)c(C(N)=S)c1CC. The minimum Gasteiger partial charge on any atom is -0.394 e. The van der Waals surface area contributed by atoms with Crippen LogP contribution in [0.5, 0.6) is 0 Å². The van der Waals surface area contributed by atoms with E-state index in [0.29, 0.717) is 4.99 Å². The highest BCUT2D eigenvalue weighted by molar-refractivity contribution is 7.80. The van der Waals surface area contributed by atoms with E-state index in [0.717, 1.165) is 54.9 Å². The number of aliphatic hydroxyl groups is 1. The van der Waals surface area contributed by atoms with E-state index < -0.39 is 0 Å². The molecule has 0 amide bonds. The molecule has 0 aromatic carbocycles. The van der Waals surface area contributed by atoms with Gasteiger partial charge in [-0.1, -0.05) is 26.1 Å². The Morgan fingerprint density at radius 1 is 1.40 bits per heavy atom. The first kappa shape index (κ1) is 15.1. The number of aryl methyl sites for hydroxylation is 1. The molecule has 110 valence electrons. The summed E-state index contributed by atoms with van der Waals surface area (Å²) in [6, 6.07) is 0.0922. The van der Waals surface area contributed by atoms with Gasteiger partial charge in [-0.25, -0.2) is 0 Å². The smallest absolute Gasteiger partial charge is 0.162 e. The van der Waals surface area contributed by atoms with Gasteiger partial charge in [-0.15, -0.1) is 5.10 Å². The summed E-state index contributed by atoms with van der Waals surface area (Å²) in [7, 11) is 0. The molecule has 0 spiro atoms. The highest BCUT2D eigenvalue weighted by Crippen LogP contribution is 2.29. The van der Waals surface area contributed by atoms with Crippen LogP contribution < -0.4 is 10.6 Å². The number of thiocarbonyl (C=S) groups is 1. The van der Waals surface area contributed by atoms with Crippen LogP contribution in [0.1, 0.15) is 43.5 Å². The molecule has 2 rings (SSSR count). The second-order valence-corrected chi connectivity index (χ2v) is 5.51. The number of rotatable bonds is 5. The second-order valence-electron chi connectivity index (χ2n) is 5.07. The fourth-order valence-corrected chi connectivity index (χ4v) is 3.14. The van der Waals surface area contributed by atoms with E-state index in [2.05, 4.69) is 28.9 Å². The molecule has 1 aliphatic rings. The molecule has 1 aliphatic heterocycles. The van der Waals surface area contributed by atoms with Gasteiger partial charge in [0, 0.05) is 6.54 Å². The van der Waals surface area contributed by atoms with Crippen LogP contribution in [0, 0.1) is 0 Å². The number of anilines is 1. The van der Waals surface area contributed by atoms with Crippen molar-refractivity contribution in [1.82, 2.24) is 10.2 Å². The van der Waals surface area contributed by atoms with Gasteiger partial charge >= 0.3 is 0 Å². The Balaban J connectivity index is 2.55. The van der Waals surface area contributed by atoms with Crippen molar-refractivity contribution in [2.75, 3.05) is 18.1 Å². The van der Waals surface area contributed by atoms with Gasteiger partial charge in [0.2, 0.25) is 0 Å². The molecule has 1 aromatic rings. The van der Waals surface area contributed by atoms with Crippen LogP contribution in [0.15, 0.2) is 0 Å². The Labute approximate surface area is 125 Å². The van der Waals surface area contributed by atoms with Gasteiger partial charge in [-0.2, -0.15) is 5.10 Å². The summed E-state index contributed by atoms with van der Waals surface area (Å²) < 4.78 is 0. The zero-order valence-corrected chi connectivity index (χ0v) is 12.9. The van der Waals surface area contributed by atoms with Crippen LogP contribution in [0.2, 0.25) is 0 Å². The Morgan fingerprint density at radius 3 is 2.70 bits per heavy atom. The first-order chi connectivity index (χ1) is 9.63. The molecule has 0 radical (unpaired) electrons. The number of nitrogens with zero attached hydrogens (tertiary/aromatic N) is 3. The zero-order chi connectivity index (χ0) is 14.7. The van der Waals surface area contributed by atoms with Gasteiger partial charge in [-0.3, -0.25) is 0 Å². The molecule has 3 N–H and O–H groups in total. The molecule has 1 atom stereocenters. The summed E-state index contributed by atoms with van der Waals surface area (Å²) in [6.07, 6.45) is 3.65. The third-order valence-corrected chi connectivity index (χ3v) is 4.14. The summed E-state index contributed by atoms with van der Waals surface area (Å²) in [5.74, 6) is 0.739. The number of nitrogens with two attached hydrogens (primary N) is 1. The number of hydrogen-bond acceptors (Lipinski definition) is 5. The van der Waals surface area contributed by atoms with Crippen molar-refractivity contribution < 1.29 is 5.11 Å². The molecule has 2 heterocycles. The minimum absolute atomic E-state index is 0.0922. The van der Waals surface area contributed by atoms with Gasteiger partial charge < -0.3 is 15.7 Å². The fourth-order valence-electron chi connectivity index (χ4n) is 2.93. The van der Waals surface area contributed by atoms with Gasteiger partial charge in [0.05, 0.1) is 23.9 Å². The minimum atomic E-state index is 0.0922. The average molecular weight is 294 g/mol. The summed E-state index contributed by atoms with van der Waals surface area (Å²) in [4.78, 5) is 2.46. The van der Waals surface area contributed by atoms with E-state index in [1.807, 2.05) is 0 Å². The molecule has 0 saturated carbocycles. The quantitative estimate of drug-likeness (QED) is 0.795. The molecule has 20 heavy (non-hydrogen) atoms. The number of aromatic nitrogens is 2. The Morgan fingerprint density at radius 2 is 2.15 bits per heavy atom. The topological polar surface area (TPSA) is 75.3 Å². The Kier molecular flexibility index (Phi) is 4.88. The summed E-state index contributed by atoms with van der Waals surface area (Å²) in [5.41, 5.74) is 8.83. The van der Waals surface area contributed by atoms with E-state index in [-0.39, 0.29) is 12.6 Å². The molecule has 6 heteroatoms. The van der Waals surface area contributed by atoms with Crippen molar-refractivity contribution in [1.29, 1.82) is 0 Å². The number of aliphatic hydroxyl groups excluding tert-OH is 1. The molecule has 1 fully saturated rings. The monoisotopic (exact) mass is 294 g/mol. The Hall–Kier alpha value is -1.27. The first-order valence-electron chi connectivity index (χ1n) is 7.19. The van der Waals surface area contributed by atoms with E-state index >= 15 is 0 Å². The maximum atomic E-state index is 9.50. The Bertz CT molecular complexity index is 506. The molecule has 5 nitrogen and oxygen atoms in total. The first-order valence-corrected chi connectivity index (χ1v) is 7.60. The largest absolute Gasteiger partial charge is 0.394 e. The lowest BCUT2D eigenvalue weighted by molar-refractivity contribution is 0.266. The van der Waals surface area contributed by atoms with Crippen LogP contribution in [0.25, 0.3) is 0 Å². The second kappa shape index (κ2) is 6.45. The normalized spacial score (nSPS) is 18.6. The van der Waals surface area contributed by atoms with Crippen LogP contribution >= 0.6 is 12.2 Å². The zero-order valence-electron chi connectivity index (χ0n) is 12.1. The maximum Gasteiger partial charge on any atom is 0.162 e. The van der Waals surface area contributed by atoms with Gasteiger partial charge in [0.25, 0.3) is 0 Å². The third kappa shape index (κ3) is 2.62. The highest BCUT2D eigenvalue weighted by Gasteiger charge is 2.29. The summed E-state index contributed by atoms with van der Waals surface area (Å²) in [6.45, 7) is 5.12. The summed E-state index contributed by atoms with van der Waals surface area (Å²) in [5, 5.41) is 18.2. The predicted molar refractivity (Wildman–Crippen MR) is 84.1 cm³/mol.